The molecule has 0 unspecified atom stereocenters. The summed E-state index contributed by atoms with van der Waals surface area (Å²) >= 11 is 0. The molecule has 0 bridgehead atoms. The highest BCUT2D eigenvalue weighted by atomic mass is 19.1. The van der Waals surface area contributed by atoms with Crippen molar-refractivity contribution >= 4 is 6.08 Å². The predicted octanol–water partition coefficient (Wildman–Crippen LogP) is 3.49. The van der Waals surface area contributed by atoms with Crippen LogP contribution in [0.3, 0.4) is 0 Å². The number of hydrogen-bond acceptors (Lipinski definition) is 0. The lowest BCUT2D eigenvalue weighted by atomic mass is 10.1. The van der Waals surface area contributed by atoms with Crippen molar-refractivity contribution in [2.75, 3.05) is 0 Å². The predicted molar refractivity (Wildman–Crippen MR) is 50.3 cm³/mol. The third-order valence-electron chi connectivity index (χ3n) is 1.52. The van der Waals surface area contributed by atoms with Crippen LogP contribution in [0.5, 0.6) is 0 Å². The molecule has 12 heavy (non-hydrogen) atoms. The SMILES string of the molecule is CC(C)C=Cc1cccc(F)c1. The molecule has 0 aliphatic carbocycles. The van der Waals surface area contributed by atoms with Gasteiger partial charge in [0.05, 0.1) is 0 Å². The number of hydrogen-bond donors (Lipinski definition) is 0. The molecule has 0 amide bonds. The van der Waals surface area contributed by atoms with E-state index in [2.05, 4.69) is 19.9 Å². The zero-order chi connectivity index (χ0) is 8.97. The van der Waals surface area contributed by atoms with Crippen LogP contribution in [-0.4, -0.2) is 0 Å². The molecule has 0 aliphatic heterocycles. The first-order valence-corrected chi connectivity index (χ1v) is 4.12. The van der Waals surface area contributed by atoms with Crippen LogP contribution in [0, 0.1) is 11.7 Å². The van der Waals surface area contributed by atoms with E-state index < -0.39 is 0 Å². The molecule has 0 radical (unpaired) electrons. The van der Waals surface area contributed by atoms with Gasteiger partial charge in [-0.15, -0.1) is 0 Å². The molecule has 1 heteroatoms. The summed E-state index contributed by atoms with van der Waals surface area (Å²) in [5, 5.41) is 0. The Kier molecular flexibility index (Phi) is 3.03. The minimum absolute atomic E-state index is 0.180. The fourth-order valence-corrected chi connectivity index (χ4v) is 0.914. The molecule has 1 aromatic carbocycles. The lowest BCUT2D eigenvalue weighted by molar-refractivity contribution is 0.627. The summed E-state index contributed by atoms with van der Waals surface area (Å²) < 4.78 is 12.7. The van der Waals surface area contributed by atoms with Gasteiger partial charge in [0.1, 0.15) is 5.82 Å². The Morgan fingerprint density at radius 1 is 1.33 bits per heavy atom. The molecule has 0 atom stereocenters. The molecule has 1 rings (SSSR count). The standard InChI is InChI=1S/C11H13F/c1-9(2)6-7-10-4-3-5-11(12)8-10/h3-9H,1-2H3. The summed E-state index contributed by atoms with van der Waals surface area (Å²) in [6.45, 7) is 4.19. The summed E-state index contributed by atoms with van der Waals surface area (Å²) in [6, 6.07) is 6.59. The van der Waals surface area contributed by atoms with Crippen molar-refractivity contribution in [2.24, 2.45) is 5.92 Å². The van der Waals surface area contributed by atoms with E-state index in [0.717, 1.165) is 5.56 Å². The highest BCUT2D eigenvalue weighted by molar-refractivity contribution is 5.49. The first kappa shape index (κ1) is 8.98. The second-order valence-corrected chi connectivity index (χ2v) is 3.16. The van der Waals surface area contributed by atoms with Gasteiger partial charge >= 0.3 is 0 Å². The summed E-state index contributed by atoms with van der Waals surface area (Å²) in [4.78, 5) is 0. The number of benzene rings is 1. The summed E-state index contributed by atoms with van der Waals surface area (Å²) in [6.07, 6.45) is 3.99. The van der Waals surface area contributed by atoms with Crippen LogP contribution in [0.2, 0.25) is 0 Å². The second kappa shape index (κ2) is 4.05. The van der Waals surface area contributed by atoms with Gasteiger partial charge in [0.25, 0.3) is 0 Å². The highest BCUT2D eigenvalue weighted by Crippen LogP contribution is 2.07. The van der Waals surface area contributed by atoms with E-state index in [1.165, 1.54) is 12.1 Å². The molecule has 0 aliphatic rings. The number of allylic oxidation sites excluding steroid dienone is 1. The van der Waals surface area contributed by atoms with Crippen LogP contribution in [-0.2, 0) is 0 Å². The molecule has 0 saturated heterocycles. The Bertz CT molecular complexity index is 274. The minimum Gasteiger partial charge on any atom is -0.207 e. The molecule has 64 valence electrons. The maximum Gasteiger partial charge on any atom is 0.123 e. The first-order valence-electron chi connectivity index (χ1n) is 4.12. The van der Waals surface area contributed by atoms with Crippen molar-refractivity contribution < 1.29 is 4.39 Å². The van der Waals surface area contributed by atoms with Crippen LogP contribution in [0.15, 0.2) is 30.3 Å². The third kappa shape index (κ3) is 2.87. The van der Waals surface area contributed by atoms with Gasteiger partial charge in [0.15, 0.2) is 0 Å². The third-order valence-corrected chi connectivity index (χ3v) is 1.52. The van der Waals surface area contributed by atoms with Gasteiger partial charge in [-0.1, -0.05) is 38.1 Å². The van der Waals surface area contributed by atoms with Crippen LogP contribution in [0.1, 0.15) is 19.4 Å². The largest absolute Gasteiger partial charge is 0.207 e. The molecular formula is C11H13F. The van der Waals surface area contributed by atoms with Gasteiger partial charge in [-0.05, 0) is 23.6 Å². The topological polar surface area (TPSA) is 0 Å². The Hall–Kier alpha value is -1.11. The Morgan fingerprint density at radius 2 is 2.08 bits per heavy atom. The van der Waals surface area contributed by atoms with Crippen LogP contribution < -0.4 is 0 Å². The molecule has 0 N–H and O–H groups in total. The van der Waals surface area contributed by atoms with E-state index in [0.29, 0.717) is 5.92 Å². The van der Waals surface area contributed by atoms with Gasteiger partial charge in [-0.2, -0.15) is 0 Å². The maximum atomic E-state index is 12.7. The molecule has 1 aromatic rings. The van der Waals surface area contributed by atoms with Gasteiger partial charge in [0, 0.05) is 0 Å². The van der Waals surface area contributed by atoms with Crippen molar-refractivity contribution in [3.8, 4) is 0 Å². The van der Waals surface area contributed by atoms with Crippen molar-refractivity contribution in [3.05, 3.63) is 41.7 Å². The van der Waals surface area contributed by atoms with Crippen LogP contribution >= 0.6 is 0 Å². The van der Waals surface area contributed by atoms with Crippen LogP contribution in [0.25, 0.3) is 6.08 Å². The Balaban J connectivity index is 2.76. The van der Waals surface area contributed by atoms with Gasteiger partial charge in [0.2, 0.25) is 0 Å². The second-order valence-electron chi connectivity index (χ2n) is 3.16. The quantitative estimate of drug-likeness (QED) is 0.627. The maximum absolute atomic E-state index is 12.7. The van der Waals surface area contributed by atoms with E-state index in [1.807, 2.05) is 12.1 Å². The average molecular weight is 164 g/mol. The van der Waals surface area contributed by atoms with E-state index >= 15 is 0 Å². The van der Waals surface area contributed by atoms with Gasteiger partial charge < -0.3 is 0 Å². The van der Waals surface area contributed by atoms with E-state index in [1.54, 1.807) is 6.07 Å². The molecule has 0 heterocycles. The molecule has 0 spiro atoms. The van der Waals surface area contributed by atoms with Crippen molar-refractivity contribution in [2.45, 2.75) is 13.8 Å². The van der Waals surface area contributed by atoms with Crippen molar-refractivity contribution in [1.82, 2.24) is 0 Å². The van der Waals surface area contributed by atoms with Crippen molar-refractivity contribution in [1.29, 1.82) is 0 Å². The smallest absolute Gasteiger partial charge is 0.123 e. The van der Waals surface area contributed by atoms with Crippen LogP contribution in [0.4, 0.5) is 4.39 Å². The Labute approximate surface area is 72.7 Å². The summed E-state index contributed by atoms with van der Waals surface area (Å²) in [7, 11) is 0. The zero-order valence-electron chi connectivity index (χ0n) is 7.42. The van der Waals surface area contributed by atoms with Crippen molar-refractivity contribution in [3.63, 3.8) is 0 Å². The van der Waals surface area contributed by atoms with E-state index in [9.17, 15) is 4.39 Å². The monoisotopic (exact) mass is 164 g/mol. The normalized spacial score (nSPS) is 11.3. The summed E-state index contributed by atoms with van der Waals surface area (Å²) in [5.41, 5.74) is 0.920. The average Bonchev–Trinajstić information content (AvgIpc) is 2.01. The lowest BCUT2D eigenvalue weighted by Gasteiger charge is -1.95. The lowest BCUT2D eigenvalue weighted by Crippen LogP contribution is -1.79. The zero-order valence-corrected chi connectivity index (χ0v) is 7.42. The number of halogens is 1. The molecule has 0 fully saturated rings. The highest BCUT2D eigenvalue weighted by Gasteiger charge is 1.90. The van der Waals surface area contributed by atoms with Gasteiger partial charge in [-0.3, -0.25) is 0 Å². The fourth-order valence-electron chi connectivity index (χ4n) is 0.914. The minimum atomic E-state index is -0.180. The molecular weight excluding hydrogens is 151 g/mol. The Morgan fingerprint density at radius 3 is 2.67 bits per heavy atom. The first-order chi connectivity index (χ1) is 5.68. The molecule has 0 saturated carbocycles. The molecule has 0 aromatic heterocycles. The number of rotatable bonds is 2. The van der Waals surface area contributed by atoms with Gasteiger partial charge in [-0.25, -0.2) is 4.39 Å². The fraction of sp³-hybridized carbons (Fsp3) is 0.273. The summed E-state index contributed by atoms with van der Waals surface area (Å²) in [5.74, 6) is 0.328. The van der Waals surface area contributed by atoms with E-state index in [-0.39, 0.29) is 5.82 Å². The molecule has 0 nitrogen and oxygen atoms in total. The van der Waals surface area contributed by atoms with E-state index in [4.69, 9.17) is 0 Å².